The average Bonchev–Trinajstić information content (AvgIpc) is 2.07. The second-order valence-corrected chi connectivity index (χ2v) is 3.76. The summed E-state index contributed by atoms with van der Waals surface area (Å²) < 4.78 is 22.8. The summed E-state index contributed by atoms with van der Waals surface area (Å²) in [7, 11) is 0. The third kappa shape index (κ3) is 2.52. The molecule has 0 aromatic rings. The lowest BCUT2D eigenvalue weighted by Crippen LogP contribution is -2.46. The molecule has 0 N–H and O–H groups in total. The molecule has 1 aliphatic rings. The van der Waals surface area contributed by atoms with E-state index in [1.165, 1.54) is 10.8 Å². The standard InChI is InChI=1S/C7H16N2O2S/c1-2-9(12(10)11)8-6-4-3-5-7-8/h2-7H2,1H3,(H,10,11)/p-1. The maximum absolute atomic E-state index is 10.7. The second-order valence-electron chi connectivity index (χ2n) is 2.90. The number of rotatable bonds is 3. The first-order chi connectivity index (χ1) is 5.75. The predicted molar refractivity (Wildman–Crippen MR) is 46.7 cm³/mol. The van der Waals surface area contributed by atoms with Crippen LogP contribution in [0.2, 0.25) is 0 Å². The zero-order chi connectivity index (χ0) is 8.97. The molecule has 0 saturated carbocycles. The Kier molecular flexibility index (Phi) is 4.14. The van der Waals surface area contributed by atoms with Crippen molar-refractivity contribution < 1.29 is 8.76 Å². The van der Waals surface area contributed by atoms with E-state index in [1.54, 1.807) is 0 Å². The lowest BCUT2D eigenvalue weighted by Gasteiger charge is -2.37. The largest absolute Gasteiger partial charge is 0.759 e. The third-order valence-electron chi connectivity index (χ3n) is 2.09. The summed E-state index contributed by atoms with van der Waals surface area (Å²) in [6.07, 6.45) is 3.43. The van der Waals surface area contributed by atoms with Gasteiger partial charge in [-0.2, -0.15) is 4.41 Å². The van der Waals surface area contributed by atoms with Gasteiger partial charge in [-0.3, -0.25) is 4.21 Å². The summed E-state index contributed by atoms with van der Waals surface area (Å²) in [5, 5.41) is 1.91. The molecule has 1 unspecified atom stereocenters. The van der Waals surface area contributed by atoms with Crippen LogP contribution in [-0.2, 0) is 11.3 Å². The van der Waals surface area contributed by atoms with Crippen LogP contribution in [0.15, 0.2) is 0 Å². The van der Waals surface area contributed by atoms with Crippen LogP contribution in [0, 0.1) is 0 Å². The van der Waals surface area contributed by atoms with Crippen LogP contribution in [0.5, 0.6) is 0 Å². The predicted octanol–water partition coefficient (Wildman–Crippen LogP) is 0.503. The third-order valence-corrected chi connectivity index (χ3v) is 2.92. The van der Waals surface area contributed by atoms with Gasteiger partial charge in [0.2, 0.25) is 0 Å². The summed E-state index contributed by atoms with van der Waals surface area (Å²) >= 11 is -2.09. The molecule has 12 heavy (non-hydrogen) atoms. The molecule has 0 radical (unpaired) electrons. The SMILES string of the molecule is CCN(N1CCCCC1)S(=O)[O-]. The van der Waals surface area contributed by atoms with E-state index >= 15 is 0 Å². The molecular formula is C7H15N2O2S-. The molecule has 1 heterocycles. The molecule has 1 aliphatic heterocycles. The maximum Gasteiger partial charge on any atom is 0.0354 e. The fourth-order valence-electron chi connectivity index (χ4n) is 1.50. The molecule has 0 spiro atoms. The number of hydrogen-bond acceptors (Lipinski definition) is 3. The van der Waals surface area contributed by atoms with Crippen molar-refractivity contribution in [3.05, 3.63) is 0 Å². The Bertz CT molecular complexity index is 159. The van der Waals surface area contributed by atoms with E-state index in [1.807, 2.05) is 11.9 Å². The maximum atomic E-state index is 10.7. The number of nitrogens with zero attached hydrogens (tertiary/aromatic N) is 2. The van der Waals surface area contributed by atoms with Gasteiger partial charge in [-0.05, 0) is 19.8 Å². The van der Waals surface area contributed by atoms with Crippen molar-refractivity contribution in [1.82, 2.24) is 9.42 Å². The highest BCUT2D eigenvalue weighted by molar-refractivity contribution is 7.76. The Hall–Kier alpha value is 0.0300. The molecule has 1 rings (SSSR count). The number of hydrogen-bond donors (Lipinski definition) is 0. The van der Waals surface area contributed by atoms with Gasteiger partial charge in [0.05, 0.1) is 0 Å². The van der Waals surface area contributed by atoms with E-state index in [-0.39, 0.29) is 0 Å². The van der Waals surface area contributed by atoms with Crippen LogP contribution in [0.3, 0.4) is 0 Å². The van der Waals surface area contributed by atoms with Gasteiger partial charge >= 0.3 is 0 Å². The van der Waals surface area contributed by atoms with E-state index in [2.05, 4.69) is 0 Å². The van der Waals surface area contributed by atoms with E-state index in [0.717, 1.165) is 25.9 Å². The monoisotopic (exact) mass is 191 g/mol. The minimum Gasteiger partial charge on any atom is -0.759 e. The summed E-state index contributed by atoms with van der Waals surface area (Å²) in [4.78, 5) is 0. The fraction of sp³-hybridized carbons (Fsp3) is 1.00. The smallest absolute Gasteiger partial charge is 0.0354 e. The zero-order valence-corrected chi connectivity index (χ0v) is 8.18. The fourth-order valence-corrected chi connectivity index (χ4v) is 2.06. The number of piperidine rings is 1. The zero-order valence-electron chi connectivity index (χ0n) is 7.36. The van der Waals surface area contributed by atoms with Crippen molar-refractivity contribution in [2.75, 3.05) is 19.6 Å². The van der Waals surface area contributed by atoms with Gasteiger partial charge in [-0.1, -0.05) is 6.42 Å². The van der Waals surface area contributed by atoms with E-state index in [4.69, 9.17) is 0 Å². The molecule has 0 amide bonds. The summed E-state index contributed by atoms with van der Waals surface area (Å²) in [5.74, 6) is 0. The van der Waals surface area contributed by atoms with Crippen molar-refractivity contribution in [3.63, 3.8) is 0 Å². The summed E-state index contributed by atoms with van der Waals surface area (Å²) in [5.41, 5.74) is 0. The van der Waals surface area contributed by atoms with Crippen LogP contribution in [0.1, 0.15) is 26.2 Å². The van der Waals surface area contributed by atoms with Gasteiger partial charge in [0.1, 0.15) is 0 Å². The highest BCUT2D eigenvalue weighted by Gasteiger charge is 2.16. The molecule has 0 aromatic heterocycles. The Balaban J connectivity index is 2.46. The lowest BCUT2D eigenvalue weighted by molar-refractivity contribution is 0.0412. The van der Waals surface area contributed by atoms with Crippen LogP contribution in [-0.4, -0.2) is 37.8 Å². The molecule has 1 fully saturated rings. The van der Waals surface area contributed by atoms with Gasteiger partial charge in [0, 0.05) is 30.9 Å². The van der Waals surface area contributed by atoms with Gasteiger partial charge in [-0.25, -0.2) is 5.01 Å². The second kappa shape index (κ2) is 4.91. The van der Waals surface area contributed by atoms with E-state index in [9.17, 15) is 8.76 Å². The Morgan fingerprint density at radius 1 is 1.42 bits per heavy atom. The molecule has 1 atom stereocenters. The minimum absolute atomic E-state index is 0.538. The molecule has 72 valence electrons. The van der Waals surface area contributed by atoms with Crippen molar-refractivity contribution in [2.45, 2.75) is 26.2 Å². The van der Waals surface area contributed by atoms with Crippen molar-refractivity contribution in [2.24, 2.45) is 0 Å². The average molecular weight is 191 g/mol. The first kappa shape index (κ1) is 10.1. The Morgan fingerprint density at radius 2 is 2.00 bits per heavy atom. The molecule has 4 nitrogen and oxygen atoms in total. The van der Waals surface area contributed by atoms with Gasteiger partial charge in [-0.15, -0.1) is 0 Å². The van der Waals surface area contributed by atoms with Crippen LogP contribution in [0.25, 0.3) is 0 Å². The van der Waals surface area contributed by atoms with Gasteiger partial charge < -0.3 is 4.55 Å². The van der Waals surface area contributed by atoms with Crippen molar-refractivity contribution >= 4 is 11.3 Å². The minimum atomic E-state index is -2.09. The van der Waals surface area contributed by atoms with Crippen LogP contribution in [0.4, 0.5) is 0 Å². The summed E-state index contributed by atoms with van der Waals surface area (Å²) in [6, 6.07) is 0. The van der Waals surface area contributed by atoms with Crippen molar-refractivity contribution in [1.29, 1.82) is 0 Å². The van der Waals surface area contributed by atoms with Gasteiger partial charge in [0.15, 0.2) is 0 Å². The quantitative estimate of drug-likeness (QED) is 0.610. The highest BCUT2D eigenvalue weighted by Crippen LogP contribution is 2.11. The van der Waals surface area contributed by atoms with Gasteiger partial charge in [0.25, 0.3) is 0 Å². The highest BCUT2D eigenvalue weighted by atomic mass is 32.2. The topological polar surface area (TPSA) is 46.6 Å². The molecule has 0 bridgehead atoms. The molecule has 1 saturated heterocycles. The molecule has 5 heteroatoms. The van der Waals surface area contributed by atoms with Crippen LogP contribution < -0.4 is 0 Å². The Morgan fingerprint density at radius 3 is 2.42 bits per heavy atom. The number of hydrazine groups is 1. The molecule has 0 aromatic carbocycles. The first-order valence-corrected chi connectivity index (χ1v) is 5.40. The normalized spacial score (nSPS) is 22.9. The first-order valence-electron chi connectivity index (χ1n) is 4.37. The molecule has 0 aliphatic carbocycles. The van der Waals surface area contributed by atoms with Crippen molar-refractivity contribution in [3.8, 4) is 0 Å². The van der Waals surface area contributed by atoms with E-state index in [0.29, 0.717) is 6.54 Å². The lowest BCUT2D eigenvalue weighted by atomic mass is 10.2. The Labute approximate surface area is 75.9 Å². The van der Waals surface area contributed by atoms with Crippen LogP contribution >= 0.6 is 0 Å². The summed E-state index contributed by atoms with van der Waals surface area (Å²) in [6.45, 7) is 4.14. The molecular weight excluding hydrogens is 176 g/mol. The van der Waals surface area contributed by atoms with E-state index < -0.39 is 11.3 Å².